The van der Waals surface area contributed by atoms with E-state index in [1.165, 1.54) is 30.9 Å². The summed E-state index contributed by atoms with van der Waals surface area (Å²) in [6, 6.07) is 5.09. The normalized spacial score (nSPS) is 16.6. The van der Waals surface area contributed by atoms with Crippen molar-refractivity contribution in [1.29, 1.82) is 0 Å². The van der Waals surface area contributed by atoms with Crippen LogP contribution < -0.4 is 10.0 Å². The van der Waals surface area contributed by atoms with Crippen molar-refractivity contribution in [3.63, 3.8) is 0 Å². The standard InChI is InChI=1S/C11H15N3O2S/c1-11(5-6-11)13-17-8-3-4-10(14(15)16)9(7-8)12-2/h3-4,7,12-13H,5-6H2,1-2H3. The van der Waals surface area contributed by atoms with Gasteiger partial charge in [0, 0.05) is 23.5 Å². The van der Waals surface area contributed by atoms with Crippen LogP contribution in [0.25, 0.3) is 0 Å². The molecule has 17 heavy (non-hydrogen) atoms. The van der Waals surface area contributed by atoms with Gasteiger partial charge < -0.3 is 5.32 Å². The van der Waals surface area contributed by atoms with Gasteiger partial charge >= 0.3 is 0 Å². The molecular formula is C11H15N3O2S. The van der Waals surface area contributed by atoms with E-state index in [4.69, 9.17) is 0 Å². The Balaban J connectivity index is 2.10. The molecule has 0 aromatic heterocycles. The monoisotopic (exact) mass is 253 g/mol. The highest BCUT2D eigenvalue weighted by Gasteiger charge is 2.37. The molecule has 6 heteroatoms. The maximum atomic E-state index is 10.8. The van der Waals surface area contributed by atoms with Crippen LogP contribution in [0.2, 0.25) is 0 Å². The molecule has 1 aromatic carbocycles. The van der Waals surface area contributed by atoms with Crippen LogP contribution in [-0.4, -0.2) is 17.5 Å². The molecular weight excluding hydrogens is 238 g/mol. The van der Waals surface area contributed by atoms with E-state index < -0.39 is 0 Å². The van der Waals surface area contributed by atoms with E-state index in [2.05, 4.69) is 17.0 Å². The number of benzene rings is 1. The third-order valence-electron chi connectivity index (χ3n) is 2.85. The molecule has 0 amide bonds. The van der Waals surface area contributed by atoms with Crippen molar-refractivity contribution in [2.75, 3.05) is 12.4 Å². The second-order valence-corrected chi connectivity index (χ2v) is 5.33. The molecule has 1 saturated carbocycles. The SMILES string of the molecule is CNc1cc(SNC2(C)CC2)ccc1[N+](=O)[O-]. The van der Waals surface area contributed by atoms with Crippen LogP contribution >= 0.6 is 11.9 Å². The first-order valence-corrected chi connectivity index (χ1v) is 6.26. The van der Waals surface area contributed by atoms with Crippen LogP contribution in [0, 0.1) is 10.1 Å². The molecule has 2 rings (SSSR count). The average Bonchev–Trinajstić information content (AvgIpc) is 3.04. The van der Waals surface area contributed by atoms with E-state index in [0.717, 1.165) is 4.90 Å². The summed E-state index contributed by atoms with van der Waals surface area (Å²) in [4.78, 5) is 11.4. The van der Waals surface area contributed by atoms with Crippen molar-refractivity contribution in [3.8, 4) is 0 Å². The number of hydrogen-bond donors (Lipinski definition) is 2. The highest BCUT2D eigenvalue weighted by Crippen LogP contribution is 2.38. The fraction of sp³-hybridized carbons (Fsp3) is 0.455. The van der Waals surface area contributed by atoms with E-state index in [0.29, 0.717) is 5.69 Å². The molecule has 0 bridgehead atoms. The molecule has 1 aliphatic rings. The summed E-state index contributed by atoms with van der Waals surface area (Å²) in [7, 11) is 1.69. The zero-order valence-corrected chi connectivity index (χ0v) is 10.6. The average molecular weight is 253 g/mol. The lowest BCUT2D eigenvalue weighted by atomic mass is 10.3. The van der Waals surface area contributed by atoms with Crippen LogP contribution in [0.15, 0.2) is 23.1 Å². The second kappa shape index (κ2) is 4.54. The number of nitro benzene ring substituents is 1. The molecule has 0 spiro atoms. The van der Waals surface area contributed by atoms with Crippen LogP contribution in [0.1, 0.15) is 19.8 Å². The van der Waals surface area contributed by atoms with E-state index in [1.54, 1.807) is 19.2 Å². The Hall–Kier alpha value is -1.27. The Labute approximate surface area is 104 Å². The fourth-order valence-corrected chi connectivity index (χ4v) is 2.29. The first-order chi connectivity index (χ1) is 8.04. The van der Waals surface area contributed by atoms with Gasteiger partial charge in [-0.05, 0) is 43.8 Å². The Kier molecular flexibility index (Phi) is 3.26. The molecule has 0 saturated heterocycles. The minimum Gasteiger partial charge on any atom is -0.383 e. The summed E-state index contributed by atoms with van der Waals surface area (Å²) < 4.78 is 3.37. The van der Waals surface area contributed by atoms with Gasteiger partial charge in [0.1, 0.15) is 5.69 Å². The molecule has 0 heterocycles. The summed E-state index contributed by atoms with van der Waals surface area (Å²) in [5, 5.41) is 13.6. The molecule has 92 valence electrons. The van der Waals surface area contributed by atoms with Crippen molar-refractivity contribution >= 4 is 23.3 Å². The minimum atomic E-state index is -0.379. The lowest BCUT2D eigenvalue weighted by Gasteiger charge is -2.11. The Bertz CT molecular complexity index is 446. The summed E-state index contributed by atoms with van der Waals surface area (Å²) in [5.41, 5.74) is 0.893. The molecule has 0 unspecified atom stereocenters. The molecule has 1 aromatic rings. The van der Waals surface area contributed by atoms with E-state index >= 15 is 0 Å². The molecule has 1 aliphatic carbocycles. The van der Waals surface area contributed by atoms with Crippen LogP contribution in [0.3, 0.4) is 0 Å². The van der Waals surface area contributed by atoms with Crippen molar-refractivity contribution in [3.05, 3.63) is 28.3 Å². The predicted molar refractivity (Wildman–Crippen MR) is 69.3 cm³/mol. The Morgan fingerprint density at radius 3 is 2.71 bits per heavy atom. The van der Waals surface area contributed by atoms with Gasteiger partial charge in [0.15, 0.2) is 0 Å². The predicted octanol–water partition coefficient (Wildman–Crippen LogP) is 2.79. The molecule has 0 atom stereocenters. The van der Waals surface area contributed by atoms with Crippen molar-refractivity contribution < 1.29 is 4.92 Å². The third-order valence-corrected chi connectivity index (χ3v) is 3.93. The number of anilines is 1. The quantitative estimate of drug-likeness (QED) is 0.480. The van der Waals surface area contributed by atoms with Crippen LogP contribution in [0.5, 0.6) is 0 Å². The van der Waals surface area contributed by atoms with E-state index in [9.17, 15) is 10.1 Å². The van der Waals surface area contributed by atoms with Crippen LogP contribution in [-0.2, 0) is 0 Å². The van der Waals surface area contributed by atoms with Gasteiger partial charge in [-0.2, -0.15) is 0 Å². The first-order valence-electron chi connectivity index (χ1n) is 5.44. The fourth-order valence-electron chi connectivity index (χ4n) is 1.41. The van der Waals surface area contributed by atoms with E-state index in [1.807, 2.05) is 0 Å². The van der Waals surface area contributed by atoms with Gasteiger partial charge in [-0.3, -0.25) is 14.8 Å². The topological polar surface area (TPSA) is 67.2 Å². The lowest BCUT2D eigenvalue weighted by molar-refractivity contribution is -0.384. The van der Waals surface area contributed by atoms with Gasteiger partial charge in [0.25, 0.3) is 5.69 Å². The molecule has 5 nitrogen and oxygen atoms in total. The first kappa shape index (κ1) is 12.2. The smallest absolute Gasteiger partial charge is 0.292 e. The van der Waals surface area contributed by atoms with Gasteiger partial charge in [0.05, 0.1) is 4.92 Å². The summed E-state index contributed by atoms with van der Waals surface area (Å²) in [5.74, 6) is 0. The maximum absolute atomic E-state index is 10.8. The Morgan fingerprint density at radius 2 is 2.18 bits per heavy atom. The van der Waals surface area contributed by atoms with Gasteiger partial charge in [-0.1, -0.05) is 0 Å². The van der Waals surface area contributed by atoms with Crippen molar-refractivity contribution in [1.82, 2.24) is 4.72 Å². The van der Waals surface area contributed by atoms with Crippen molar-refractivity contribution in [2.24, 2.45) is 0 Å². The van der Waals surface area contributed by atoms with Crippen molar-refractivity contribution in [2.45, 2.75) is 30.2 Å². The number of nitrogens with zero attached hydrogens (tertiary/aromatic N) is 1. The molecule has 2 N–H and O–H groups in total. The van der Waals surface area contributed by atoms with Crippen LogP contribution in [0.4, 0.5) is 11.4 Å². The van der Waals surface area contributed by atoms with E-state index in [-0.39, 0.29) is 16.1 Å². The number of nitro groups is 1. The lowest BCUT2D eigenvalue weighted by Crippen LogP contribution is -2.19. The van der Waals surface area contributed by atoms with Gasteiger partial charge in [-0.25, -0.2) is 0 Å². The highest BCUT2D eigenvalue weighted by atomic mass is 32.2. The summed E-state index contributed by atoms with van der Waals surface area (Å²) >= 11 is 1.53. The molecule has 0 aliphatic heterocycles. The Morgan fingerprint density at radius 1 is 1.47 bits per heavy atom. The zero-order valence-electron chi connectivity index (χ0n) is 9.82. The zero-order chi connectivity index (χ0) is 12.5. The third kappa shape index (κ3) is 2.89. The molecule has 0 radical (unpaired) electrons. The second-order valence-electron chi connectivity index (χ2n) is 4.45. The highest BCUT2D eigenvalue weighted by molar-refractivity contribution is 7.97. The molecule has 1 fully saturated rings. The minimum absolute atomic E-state index is 0.106. The largest absolute Gasteiger partial charge is 0.383 e. The summed E-state index contributed by atoms with van der Waals surface area (Å²) in [6.07, 6.45) is 2.37. The maximum Gasteiger partial charge on any atom is 0.292 e. The number of nitrogens with one attached hydrogen (secondary N) is 2. The number of rotatable bonds is 5. The van der Waals surface area contributed by atoms with Gasteiger partial charge in [-0.15, -0.1) is 0 Å². The number of hydrogen-bond acceptors (Lipinski definition) is 5. The summed E-state index contributed by atoms with van der Waals surface area (Å²) in [6.45, 7) is 2.17. The van der Waals surface area contributed by atoms with Gasteiger partial charge in [0.2, 0.25) is 0 Å².